The third-order valence-corrected chi connectivity index (χ3v) is 5.62. The summed E-state index contributed by atoms with van der Waals surface area (Å²) in [7, 11) is 0. The molecule has 1 aromatic carbocycles. The molecule has 4 nitrogen and oxygen atoms in total. The molecular weight excluding hydrogens is 316 g/mol. The van der Waals surface area contributed by atoms with Gasteiger partial charge < -0.3 is 10.6 Å². The number of nitrogens with zero attached hydrogens (tertiary/aromatic N) is 2. The number of benzene rings is 1. The first kappa shape index (κ1) is 17.0. The van der Waals surface area contributed by atoms with Gasteiger partial charge in [-0.2, -0.15) is 0 Å². The minimum atomic E-state index is 0.286. The van der Waals surface area contributed by atoms with Crippen molar-refractivity contribution in [2.45, 2.75) is 45.6 Å². The summed E-state index contributed by atoms with van der Waals surface area (Å²) in [5, 5.41) is 8.00. The summed E-state index contributed by atoms with van der Waals surface area (Å²) in [5.41, 5.74) is 2.82. The van der Waals surface area contributed by atoms with Gasteiger partial charge in [0.25, 0.3) is 0 Å². The van der Waals surface area contributed by atoms with Crippen molar-refractivity contribution in [2.24, 2.45) is 4.99 Å². The highest BCUT2D eigenvalue weighted by molar-refractivity contribution is 7.11. The number of guanidine groups is 1. The first-order chi connectivity index (χ1) is 11.6. The van der Waals surface area contributed by atoms with Gasteiger partial charge in [-0.25, -0.2) is 9.98 Å². The van der Waals surface area contributed by atoms with Gasteiger partial charge >= 0.3 is 0 Å². The molecule has 0 unspecified atom stereocenters. The highest BCUT2D eigenvalue weighted by atomic mass is 32.1. The molecule has 5 heteroatoms. The molecule has 1 fully saturated rings. The molecule has 0 aliphatic heterocycles. The standard InChI is InChI=1S/C19H26N4S/c1-4-20-18(21-12-17-14(2)23-15(3)24-17)22-13-19(10-11-19)16-8-6-5-7-9-16/h5-9H,4,10-13H2,1-3H3,(H2,20,21,22). The first-order valence-corrected chi connectivity index (χ1v) is 9.45. The van der Waals surface area contributed by atoms with Crippen LogP contribution in [0.3, 0.4) is 0 Å². The van der Waals surface area contributed by atoms with Crippen molar-refractivity contribution in [3.05, 3.63) is 51.5 Å². The van der Waals surface area contributed by atoms with Gasteiger partial charge in [-0.15, -0.1) is 11.3 Å². The lowest BCUT2D eigenvalue weighted by Crippen LogP contribution is -2.41. The lowest BCUT2D eigenvalue weighted by molar-refractivity contribution is 0.646. The van der Waals surface area contributed by atoms with Crippen LogP contribution in [0.15, 0.2) is 35.3 Å². The van der Waals surface area contributed by atoms with Gasteiger partial charge in [0.15, 0.2) is 5.96 Å². The zero-order valence-corrected chi connectivity index (χ0v) is 15.5. The van der Waals surface area contributed by atoms with Gasteiger partial charge in [0, 0.05) is 23.4 Å². The zero-order valence-electron chi connectivity index (χ0n) is 14.7. The topological polar surface area (TPSA) is 49.3 Å². The molecule has 0 spiro atoms. The third kappa shape index (κ3) is 3.96. The second-order valence-corrected chi connectivity index (χ2v) is 7.72. The highest BCUT2D eigenvalue weighted by Gasteiger charge is 2.43. The van der Waals surface area contributed by atoms with Gasteiger partial charge in [0.2, 0.25) is 0 Å². The summed E-state index contributed by atoms with van der Waals surface area (Å²) in [6.45, 7) is 8.69. The van der Waals surface area contributed by atoms with E-state index >= 15 is 0 Å². The monoisotopic (exact) mass is 342 g/mol. The predicted octanol–water partition coefficient (Wildman–Crippen LogP) is 3.55. The van der Waals surface area contributed by atoms with E-state index in [0.717, 1.165) is 29.8 Å². The SMILES string of the molecule is CCNC(=NCc1sc(C)nc1C)NCC1(c2ccccc2)CC1. The summed E-state index contributed by atoms with van der Waals surface area (Å²) in [6.07, 6.45) is 2.49. The van der Waals surface area contributed by atoms with E-state index in [1.54, 1.807) is 11.3 Å². The molecule has 0 atom stereocenters. The van der Waals surface area contributed by atoms with Gasteiger partial charge in [-0.05, 0) is 39.2 Å². The Kier molecular flexibility index (Phi) is 5.19. The largest absolute Gasteiger partial charge is 0.357 e. The Morgan fingerprint density at radius 2 is 1.96 bits per heavy atom. The van der Waals surface area contributed by atoms with Crippen molar-refractivity contribution in [1.82, 2.24) is 15.6 Å². The van der Waals surface area contributed by atoms with Crippen LogP contribution in [0.4, 0.5) is 0 Å². The number of aliphatic imine (C=N–C) groups is 1. The number of aromatic nitrogens is 1. The second kappa shape index (κ2) is 7.34. The van der Waals surface area contributed by atoms with E-state index in [9.17, 15) is 0 Å². The third-order valence-electron chi connectivity index (χ3n) is 4.56. The van der Waals surface area contributed by atoms with E-state index < -0.39 is 0 Å². The fourth-order valence-electron chi connectivity index (χ4n) is 2.98. The van der Waals surface area contributed by atoms with E-state index in [0.29, 0.717) is 6.54 Å². The Hall–Kier alpha value is -1.88. The summed E-state index contributed by atoms with van der Waals surface area (Å²) >= 11 is 1.73. The minimum Gasteiger partial charge on any atom is -0.357 e. The summed E-state index contributed by atoms with van der Waals surface area (Å²) in [4.78, 5) is 10.5. The lowest BCUT2D eigenvalue weighted by Gasteiger charge is -2.19. The second-order valence-electron chi connectivity index (χ2n) is 6.44. The number of aryl methyl sites for hydroxylation is 2. The Morgan fingerprint density at radius 3 is 2.54 bits per heavy atom. The number of hydrogen-bond donors (Lipinski definition) is 2. The van der Waals surface area contributed by atoms with E-state index in [2.05, 4.69) is 59.8 Å². The van der Waals surface area contributed by atoms with Gasteiger partial charge in [0.05, 0.1) is 17.2 Å². The Labute approximate surface area is 148 Å². The van der Waals surface area contributed by atoms with Crippen molar-refractivity contribution in [3.63, 3.8) is 0 Å². The minimum absolute atomic E-state index is 0.286. The maximum Gasteiger partial charge on any atom is 0.191 e. The number of nitrogens with one attached hydrogen (secondary N) is 2. The molecule has 1 aromatic heterocycles. The van der Waals surface area contributed by atoms with Crippen LogP contribution in [0, 0.1) is 13.8 Å². The van der Waals surface area contributed by atoms with Crippen LogP contribution in [0.5, 0.6) is 0 Å². The van der Waals surface area contributed by atoms with Crippen LogP contribution in [-0.2, 0) is 12.0 Å². The van der Waals surface area contributed by atoms with Crippen molar-refractivity contribution >= 4 is 17.3 Å². The Morgan fingerprint density at radius 1 is 1.21 bits per heavy atom. The fourth-order valence-corrected chi connectivity index (χ4v) is 3.84. The molecule has 0 amide bonds. The predicted molar refractivity (Wildman–Crippen MR) is 102 cm³/mol. The molecule has 1 aliphatic rings. The normalized spacial score (nSPS) is 16.0. The number of rotatable bonds is 6. The highest BCUT2D eigenvalue weighted by Crippen LogP contribution is 2.47. The molecule has 24 heavy (non-hydrogen) atoms. The van der Waals surface area contributed by atoms with Crippen LogP contribution in [-0.4, -0.2) is 24.0 Å². The zero-order chi connectivity index (χ0) is 17.0. The fraction of sp³-hybridized carbons (Fsp3) is 0.474. The maximum absolute atomic E-state index is 4.75. The van der Waals surface area contributed by atoms with E-state index in [4.69, 9.17) is 4.99 Å². The molecule has 2 aromatic rings. The van der Waals surface area contributed by atoms with Crippen LogP contribution >= 0.6 is 11.3 Å². The summed E-state index contributed by atoms with van der Waals surface area (Å²) in [6, 6.07) is 10.8. The van der Waals surface area contributed by atoms with E-state index in [-0.39, 0.29) is 5.41 Å². The van der Waals surface area contributed by atoms with Crippen LogP contribution in [0.25, 0.3) is 0 Å². The molecule has 0 radical (unpaired) electrons. The number of hydrogen-bond acceptors (Lipinski definition) is 3. The van der Waals surface area contributed by atoms with Crippen LogP contribution in [0.1, 0.15) is 40.9 Å². The molecular formula is C19H26N4S. The van der Waals surface area contributed by atoms with Crippen molar-refractivity contribution < 1.29 is 0 Å². The quantitative estimate of drug-likeness (QED) is 0.623. The number of thiazole rings is 1. The van der Waals surface area contributed by atoms with Gasteiger partial charge in [-0.3, -0.25) is 0 Å². The van der Waals surface area contributed by atoms with Crippen molar-refractivity contribution in [2.75, 3.05) is 13.1 Å². The average molecular weight is 343 g/mol. The van der Waals surface area contributed by atoms with Crippen LogP contribution < -0.4 is 10.6 Å². The Balaban J connectivity index is 1.64. The molecule has 0 bridgehead atoms. The molecule has 128 valence electrons. The summed E-state index contributed by atoms with van der Waals surface area (Å²) < 4.78 is 0. The van der Waals surface area contributed by atoms with Crippen molar-refractivity contribution in [1.29, 1.82) is 0 Å². The molecule has 1 aliphatic carbocycles. The van der Waals surface area contributed by atoms with Crippen LogP contribution in [0.2, 0.25) is 0 Å². The molecule has 1 heterocycles. The van der Waals surface area contributed by atoms with Gasteiger partial charge in [-0.1, -0.05) is 30.3 Å². The molecule has 1 saturated carbocycles. The lowest BCUT2D eigenvalue weighted by atomic mass is 9.96. The smallest absolute Gasteiger partial charge is 0.191 e. The maximum atomic E-state index is 4.75. The molecule has 3 rings (SSSR count). The first-order valence-electron chi connectivity index (χ1n) is 8.63. The van der Waals surface area contributed by atoms with Gasteiger partial charge in [0.1, 0.15) is 0 Å². The average Bonchev–Trinajstić information content (AvgIpc) is 3.31. The van der Waals surface area contributed by atoms with Crippen molar-refractivity contribution in [3.8, 4) is 0 Å². The summed E-state index contributed by atoms with van der Waals surface area (Å²) in [5.74, 6) is 0.894. The Bertz CT molecular complexity index is 701. The van der Waals surface area contributed by atoms with E-state index in [1.807, 2.05) is 6.92 Å². The van der Waals surface area contributed by atoms with E-state index in [1.165, 1.54) is 23.3 Å². The molecule has 0 saturated heterocycles. The molecule has 2 N–H and O–H groups in total.